The smallest absolute Gasteiger partial charge is 0.287 e. The fourth-order valence-electron chi connectivity index (χ4n) is 3.22. The first-order valence-corrected chi connectivity index (χ1v) is 8.67. The lowest BCUT2D eigenvalue weighted by atomic mass is 10.0. The van der Waals surface area contributed by atoms with Crippen molar-refractivity contribution in [3.05, 3.63) is 53.2 Å². The number of piperidine rings is 1. The summed E-state index contributed by atoms with van der Waals surface area (Å²) >= 11 is 0. The van der Waals surface area contributed by atoms with Crippen LogP contribution in [-0.2, 0) is 13.0 Å². The third kappa shape index (κ3) is 4.03. The molecule has 5 nitrogen and oxygen atoms in total. The standard InChI is InChI=1S/C19H25N3O2/c1-3-17-14(2)12-18(24-17)19(23)21-16-6-10-22(11-7-16)13-15-4-8-20-9-5-15/h4-5,8-9,12,16H,3,6-7,10-11,13H2,1-2H3,(H,21,23). The Balaban J connectivity index is 1.49. The molecule has 2 aromatic rings. The number of amides is 1. The van der Waals surface area contributed by atoms with Crippen LogP contribution < -0.4 is 5.32 Å². The third-order valence-corrected chi connectivity index (χ3v) is 4.64. The summed E-state index contributed by atoms with van der Waals surface area (Å²) in [4.78, 5) is 18.8. The molecule has 0 atom stereocenters. The van der Waals surface area contributed by atoms with Gasteiger partial charge in [0.15, 0.2) is 5.76 Å². The van der Waals surface area contributed by atoms with Crippen molar-refractivity contribution in [2.24, 2.45) is 0 Å². The molecular weight excluding hydrogens is 302 g/mol. The average molecular weight is 327 g/mol. The van der Waals surface area contributed by atoms with Crippen LogP contribution in [0.25, 0.3) is 0 Å². The van der Waals surface area contributed by atoms with Gasteiger partial charge in [-0.2, -0.15) is 0 Å². The second-order valence-corrected chi connectivity index (χ2v) is 6.45. The fraction of sp³-hybridized carbons (Fsp3) is 0.474. The first kappa shape index (κ1) is 16.7. The molecule has 0 unspecified atom stereocenters. The molecule has 24 heavy (non-hydrogen) atoms. The Morgan fingerprint density at radius 3 is 2.67 bits per heavy atom. The van der Waals surface area contributed by atoms with E-state index in [2.05, 4.69) is 27.3 Å². The van der Waals surface area contributed by atoms with Gasteiger partial charge in [-0.3, -0.25) is 14.7 Å². The number of aryl methyl sites for hydroxylation is 2. The summed E-state index contributed by atoms with van der Waals surface area (Å²) in [5, 5.41) is 3.11. The summed E-state index contributed by atoms with van der Waals surface area (Å²) in [6.07, 6.45) is 6.41. The quantitative estimate of drug-likeness (QED) is 0.917. The van der Waals surface area contributed by atoms with Gasteiger partial charge in [-0.15, -0.1) is 0 Å². The molecule has 1 aliphatic heterocycles. The zero-order valence-corrected chi connectivity index (χ0v) is 14.4. The van der Waals surface area contributed by atoms with Gasteiger partial charge in [0.1, 0.15) is 5.76 Å². The van der Waals surface area contributed by atoms with Crippen LogP contribution in [0.15, 0.2) is 35.0 Å². The van der Waals surface area contributed by atoms with Gasteiger partial charge >= 0.3 is 0 Å². The molecule has 0 radical (unpaired) electrons. The second-order valence-electron chi connectivity index (χ2n) is 6.45. The lowest BCUT2D eigenvalue weighted by molar-refractivity contribution is 0.0879. The highest BCUT2D eigenvalue weighted by atomic mass is 16.4. The molecule has 0 saturated carbocycles. The van der Waals surface area contributed by atoms with Gasteiger partial charge in [0, 0.05) is 44.5 Å². The first-order chi connectivity index (χ1) is 11.7. The van der Waals surface area contributed by atoms with E-state index in [-0.39, 0.29) is 11.9 Å². The highest BCUT2D eigenvalue weighted by Crippen LogP contribution is 2.17. The van der Waals surface area contributed by atoms with Crippen molar-refractivity contribution >= 4 is 5.91 Å². The molecule has 128 valence electrons. The van der Waals surface area contributed by atoms with Crippen LogP contribution in [0.4, 0.5) is 0 Å². The largest absolute Gasteiger partial charge is 0.456 e. The van der Waals surface area contributed by atoms with Crippen molar-refractivity contribution in [3.63, 3.8) is 0 Å². The van der Waals surface area contributed by atoms with Gasteiger partial charge < -0.3 is 9.73 Å². The van der Waals surface area contributed by atoms with E-state index in [0.717, 1.165) is 50.2 Å². The number of nitrogens with zero attached hydrogens (tertiary/aromatic N) is 2. The van der Waals surface area contributed by atoms with E-state index in [1.165, 1.54) is 5.56 Å². The molecule has 3 rings (SSSR count). The normalized spacial score (nSPS) is 16.2. The van der Waals surface area contributed by atoms with E-state index in [4.69, 9.17) is 4.42 Å². The number of likely N-dealkylation sites (tertiary alicyclic amines) is 1. The maximum absolute atomic E-state index is 12.3. The zero-order valence-electron chi connectivity index (χ0n) is 14.4. The van der Waals surface area contributed by atoms with Crippen LogP contribution in [0.1, 0.15) is 47.2 Å². The molecule has 5 heteroatoms. The fourth-order valence-corrected chi connectivity index (χ4v) is 3.22. The molecule has 1 saturated heterocycles. The van der Waals surface area contributed by atoms with Crippen molar-refractivity contribution < 1.29 is 9.21 Å². The number of rotatable bonds is 5. The summed E-state index contributed by atoms with van der Waals surface area (Å²) in [6.45, 7) is 6.94. The molecule has 1 N–H and O–H groups in total. The van der Waals surface area contributed by atoms with Gasteiger partial charge in [-0.1, -0.05) is 6.92 Å². The Morgan fingerprint density at radius 1 is 1.33 bits per heavy atom. The Bertz CT molecular complexity index is 673. The second kappa shape index (κ2) is 7.62. The molecule has 1 aliphatic rings. The van der Waals surface area contributed by atoms with Gasteiger partial charge in [0.2, 0.25) is 0 Å². The van der Waals surface area contributed by atoms with E-state index in [1.807, 2.05) is 32.3 Å². The molecule has 0 bridgehead atoms. The van der Waals surface area contributed by atoms with E-state index >= 15 is 0 Å². The van der Waals surface area contributed by atoms with Gasteiger partial charge in [-0.25, -0.2) is 0 Å². The Morgan fingerprint density at radius 2 is 2.04 bits per heavy atom. The minimum atomic E-state index is -0.0922. The molecular formula is C19H25N3O2. The number of carbonyl (C=O) groups excluding carboxylic acids is 1. The summed E-state index contributed by atoms with van der Waals surface area (Å²) in [6, 6.07) is 6.17. The number of nitrogens with one attached hydrogen (secondary N) is 1. The van der Waals surface area contributed by atoms with Gasteiger partial charge in [0.05, 0.1) is 0 Å². The number of aromatic nitrogens is 1. The first-order valence-electron chi connectivity index (χ1n) is 8.67. The van der Waals surface area contributed by atoms with Gasteiger partial charge in [0.25, 0.3) is 5.91 Å². The Kier molecular flexibility index (Phi) is 5.30. The summed E-state index contributed by atoms with van der Waals surface area (Å²) < 4.78 is 5.64. The van der Waals surface area contributed by atoms with Crippen molar-refractivity contribution in [2.45, 2.75) is 45.7 Å². The molecule has 1 amide bonds. The van der Waals surface area contributed by atoms with E-state index in [0.29, 0.717) is 5.76 Å². The Hall–Kier alpha value is -2.14. The number of hydrogen-bond donors (Lipinski definition) is 1. The zero-order chi connectivity index (χ0) is 16.9. The number of carbonyl (C=O) groups is 1. The lowest BCUT2D eigenvalue weighted by Gasteiger charge is -2.32. The van der Waals surface area contributed by atoms with Crippen LogP contribution in [0.3, 0.4) is 0 Å². The summed E-state index contributed by atoms with van der Waals surface area (Å²) in [5.74, 6) is 1.24. The van der Waals surface area contributed by atoms with Crippen molar-refractivity contribution in [1.82, 2.24) is 15.2 Å². The van der Waals surface area contributed by atoms with Crippen molar-refractivity contribution in [2.75, 3.05) is 13.1 Å². The molecule has 0 aliphatic carbocycles. The van der Waals surface area contributed by atoms with Crippen LogP contribution in [0.5, 0.6) is 0 Å². The van der Waals surface area contributed by atoms with Crippen LogP contribution in [0, 0.1) is 6.92 Å². The van der Waals surface area contributed by atoms with Crippen LogP contribution in [0.2, 0.25) is 0 Å². The number of pyridine rings is 1. The van der Waals surface area contributed by atoms with E-state index in [9.17, 15) is 4.79 Å². The molecule has 0 spiro atoms. The minimum Gasteiger partial charge on any atom is -0.456 e. The molecule has 2 aromatic heterocycles. The lowest BCUT2D eigenvalue weighted by Crippen LogP contribution is -2.44. The number of hydrogen-bond acceptors (Lipinski definition) is 4. The molecule has 1 fully saturated rings. The minimum absolute atomic E-state index is 0.0922. The third-order valence-electron chi connectivity index (χ3n) is 4.64. The Labute approximate surface area is 143 Å². The van der Waals surface area contributed by atoms with Crippen LogP contribution in [-0.4, -0.2) is 34.9 Å². The average Bonchev–Trinajstić information content (AvgIpc) is 2.99. The highest BCUT2D eigenvalue weighted by Gasteiger charge is 2.22. The van der Waals surface area contributed by atoms with E-state index in [1.54, 1.807) is 0 Å². The van der Waals surface area contributed by atoms with Gasteiger partial charge in [-0.05, 0) is 49.1 Å². The predicted octanol–water partition coefficient (Wildman–Crippen LogP) is 2.94. The van der Waals surface area contributed by atoms with Crippen molar-refractivity contribution in [1.29, 1.82) is 0 Å². The maximum atomic E-state index is 12.3. The maximum Gasteiger partial charge on any atom is 0.287 e. The summed E-state index contributed by atoms with van der Waals surface area (Å²) in [7, 11) is 0. The van der Waals surface area contributed by atoms with Crippen molar-refractivity contribution in [3.8, 4) is 0 Å². The topological polar surface area (TPSA) is 58.4 Å². The number of furan rings is 1. The highest BCUT2D eigenvalue weighted by molar-refractivity contribution is 5.92. The molecule has 0 aromatic carbocycles. The van der Waals surface area contributed by atoms with Crippen LogP contribution >= 0.6 is 0 Å². The monoisotopic (exact) mass is 327 g/mol. The predicted molar refractivity (Wildman–Crippen MR) is 92.8 cm³/mol. The van der Waals surface area contributed by atoms with E-state index < -0.39 is 0 Å². The SMILES string of the molecule is CCc1oc(C(=O)NC2CCN(Cc3ccncc3)CC2)cc1C. The summed E-state index contributed by atoms with van der Waals surface area (Å²) in [5.41, 5.74) is 2.33. The molecule has 3 heterocycles.